The summed E-state index contributed by atoms with van der Waals surface area (Å²) in [5.41, 5.74) is 0. The van der Waals surface area contributed by atoms with Crippen molar-refractivity contribution in [1.82, 2.24) is 0 Å². The third-order valence-corrected chi connectivity index (χ3v) is 10.8. The molecule has 6 heteroatoms. The van der Waals surface area contributed by atoms with Gasteiger partial charge in [-0.25, -0.2) is 0 Å². The molecule has 0 saturated carbocycles. The minimum absolute atomic E-state index is 0.108. The minimum Gasteiger partial charge on any atom is -0.462 e. The average molecular weight is 901 g/mol. The summed E-state index contributed by atoms with van der Waals surface area (Å²) in [6.07, 6.45) is 70.8. The van der Waals surface area contributed by atoms with Crippen LogP contribution in [0.3, 0.4) is 0 Å². The van der Waals surface area contributed by atoms with Gasteiger partial charge in [0.05, 0.1) is 0 Å². The van der Waals surface area contributed by atoms with Crippen molar-refractivity contribution in [2.75, 3.05) is 13.2 Å². The normalized spacial score (nSPS) is 13.0. The lowest BCUT2D eigenvalue weighted by Crippen LogP contribution is -2.30. The Morgan fingerprint density at radius 2 is 0.631 bits per heavy atom. The van der Waals surface area contributed by atoms with Gasteiger partial charge in [-0.15, -0.1) is 0 Å². The van der Waals surface area contributed by atoms with Crippen LogP contribution >= 0.6 is 0 Å². The number of hydrogen-bond acceptors (Lipinski definition) is 6. The van der Waals surface area contributed by atoms with Crippen molar-refractivity contribution in [3.8, 4) is 0 Å². The predicted molar refractivity (Wildman–Crippen MR) is 279 cm³/mol. The summed E-state index contributed by atoms with van der Waals surface area (Å²) >= 11 is 0. The predicted octanol–water partition coefficient (Wildman–Crippen LogP) is 17.5. The number of ether oxygens (including phenoxy) is 3. The van der Waals surface area contributed by atoms with Crippen LogP contribution in [0.5, 0.6) is 0 Å². The lowest BCUT2D eigenvalue weighted by Gasteiger charge is -2.18. The van der Waals surface area contributed by atoms with Crippen molar-refractivity contribution < 1.29 is 28.6 Å². The van der Waals surface area contributed by atoms with E-state index in [0.717, 1.165) is 116 Å². The van der Waals surface area contributed by atoms with Crippen LogP contribution in [-0.2, 0) is 28.6 Å². The molecule has 0 saturated heterocycles. The molecule has 0 aliphatic rings. The topological polar surface area (TPSA) is 78.9 Å². The van der Waals surface area contributed by atoms with Crippen LogP contribution in [0.4, 0.5) is 0 Å². The number of esters is 3. The van der Waals surface area contributed by atoms with Gasteiger partial charge in [-0.1, -0.05) is 226 Å². The summed E-state index contributed by atoms with van der Waals surface area (Å²) in [6, 6.07) is 0. The first-order valence-corrected chi connectivity index (χ1v) is 26.4. The highest BCUT2D eigenvalue weighted by molar-refractivity contribution is 5.71. The fraction of sp³-hybridized carbons (Fsp3) is 0.644. The van der Waals surface area contributed by atoms with Gasteiger partial charge in [-0.05, 0) is 89.9 Å². The fourth-order valence-electron chi connectivity index (χ4n) is 6.89. The van der Waals surface area contributed by atoms with E-state index < -0.39 is 6.10 Å². The van der Waals surface area contributed by atoms with Gasteiger partial charge < -0.3 is 14.2 Å². The van der Waals surface area contributed by atoms with Gasteiger partial charge in [0, 0.05) is 19.3 Å². The van der Waals surface area contributed by atoms with E-state index in [1.54, 1.807) is 0 Å². The monoisotopic (exact) mass is 901 g/mol. The SMILES string of the molecule is CC/C=C\C/C=C\C/C=C\C/C=C\C/C=C\C/C=C\CCC(=O)OC[C@H](COC(=O)CCCCCCCCCCCCCCC)OC(=O)CCCCCCC/C=C\C/C=C\C/C=C\CC. The Morgan fingerprint density at radius 3 is 1.03 bits per heavy atom. The zero-order chi connectivity index (χ0) is 47.2. The number of carbonyl (C=O) groups is 3. The van der Waals surface area contributed by atoms with Crippen LogP contribution in [-0.4, -0.2) is 37.2 Å². The Kier molecular flexibility index (Phi) is 49.5. The van der Waals surface area contributed by atoms with Crippen molar-refractivity contribution in [2.24, 2.45) is 0 Å². The molecule has 0 spiro atoms. The van der Waals surface area contributed by atoms with E-state index in [-0.39, 0.29) is 37.5 Å². The van der Waals surface area contributed by atoms with Gasteiger partial charge in [0.25, 0.3) is 0 Å². The molecule has 0 aliphatic carbocycles. The van der Waals surface area contributed by atoms with E-state index in [0.29, 0.717) is 19.3 Å². The van der Waals surface area contributed by atoms with Crippen LogP contribution in [0.1, 0.15) is 226 Å². The first-order chi connectivity index (χ1) is 32.0. The molecule has 0 aliphatic heterocycles. The van der Waals surface area contributed by atoms with Crippen molar-refractivity contribution in [3.63, 3.8) is 0 Å². The van der Waals surface area contributed by atoms with Gasteiger partial charge >= 0.3 is 17.9 Å². The van der Waals surface area contributed by atoms with Crippen LogP contribution in [0.2, 0.25) is 0 Å². The van der Waals surface area contributed by atoms with Gasteiger partial charge in [0.1, 0.15) is 13.2 Å². The average Bonchev–Trinajstić information content (AvgIpc) is 3.30. The number of rotatable bonds is 46. The summed E-state index contributed by atoms with van der Waals surface area (Å²) in [5.74, 6) is -1.02. The van der Waals surface area contributed by atoms with Crippen molar-refractivity contribution in [1.29, 1.82) is 0 Å². The van der Waals surface area contributed by atoms with Crippen LogP contribution in [0.15, 0.2) is 109 Å². The molecule has 0 radical (unpaired) electrons. The third kappa shape index (κ3) is 50.9. The molecule has 6 nitrogen and oxygen atoms in total. The third-order valence-electron chi connectivity index (χ3n) is 10.8. The van der Waals surface area contributed by atoms with E-state index in [4.69, 9.17) is 14.2 Å². The number of unbranched alkanes of at least 4 members (excludes halogenated alkanes) is 17. The summed E-state index contributed by atoms with van der Waals surface area (Å²) < 4.78 is 16.7. The lowest BCUT2D eigenvalue weighted by atomic mass is 10.0. The molecule has 0 fully saturated rings. The molecular formula is C59H96O6. The summed E-state index contributed by atoms with van der Waals surface area (Å²) in [4.78, 5) is 38.0. The number of allylic oxidation sites excluding steroid dienone is 18. The van der Waals surface area contributed by atoms with Crippen LogP contribution in [0.25, 0.3) is 0 Å². The Morgan fingerprint density at radius 1 is 0.323 bits per heavy atom. The smallest absolute Gasteiger partial charge is 0.306 e. The molecule has 0 amide bonds. The molecule has 0 bridgehead atoms. The Hall–Kier alpha value is -3.93. The Bertz CT molecular complexity index is 1360. The fourth-order valence-corrected chi connectivity index (χ4v) is 6.89. The van der Waals surface area contributed by atoms with E-state index in [2.05, 4.69) is 118 Å². The molecule has 0 N–H and O–H groups in total. The molecule has 0 rings (SSSR count). The van der Waals surface area contributed by atoms with Gasteiger partial charge in [0.2, 0.25) is 0 Å². The molecule has 1 atom stereocenters. The maximum absolute atomic E-state index is 12.8. The second-order valence-corrected chi connectivity index (χ2v) is 17.0. The maximum Gasteiger partial charge on any atom is 0.306 e. The van der Waals surface area contributed by atoms with E-state index >= 15 is 0 Å². The minimum atomic E-state index is -0.817. The van der Waals surface area contributed by atoms with Gasteiger partial charge in [-0.2, -0.15) is 0 Å². The molecular weight excluding hydrogens is 805 g/mol. The second-order valence-electron chi connectivity index (χ2n) is 17.0. The summed E-state index contributed by atoms with van der Waals surface area (Å²) in [6.45, 7) is 6.32. The van der Waals surface area contributed by atoms with E-state index in [1.807, 2.05) is 12.2 Å². The first-order valence-electron chi connectivity index (χ1n) is 26.4. The Labute approximate surface area is 400 Å². The van der Waals surface area contributed by atoms with Crippen molar-refractivity contribution in [2.45, 2.75) is 232 Å². The van der Waals surface area contributed by atoms with E-state index in [1.165, 1.54) is 64.2 Å². The highest BCUT2D eigenvalue weighted by Crippen LogP contribution is 2.14. The van der Waals surface area contributed by atoms with Crippen LogP contribution < -0.4 is 0 Å². The summed E-state index contributed by atoms with van der Waals surface area (Å²) in [7, 11) is 0. The zero-order valence-corrected chi connectivity index (χ0v) is 42.0. The lowest BCUT2D eigenvalue weighted by molar-refractivity contribution is -0.166. The quantitative estimate of drug-likeness (QED) is 0.0262. The largest absolute Gasteiger partial charge is 0.462 e. The van der Waals surface area contributed by atoms with Crippen LogP contribution in [0, 0.1) is 0 Å². The number of carbonyl (C=O) groups excluding carboxylic acids is 3. The van der Waals surface area contributed by atoms with Crippen molar-refractivity contribution in [3.05, 3.63) is 109 Å². The molecule has 0 heterocycles. The van der Waals surface area contributed by atoms with E-state index in [9.17, 15) is 14.4 Å². The highest BCUT2D eigenvalue weighted by atomic mass is 16.6. The molecule has 368 valence electrons. The van der Waals surface area contributed by atoms with Crippen molar-refractivity contribution >= 4 is 17.9 Å². The summed E-state index contributed by atoms with van der Waals surface area (Å²) in [5, 5.41) is 0. The highest BCUT2D eigenvalue weighted by Gasteiger charge is 2.19. The Balaban J connectivity index is 4.53. The first kappa shape index (κ1) is 61.1. The molecule has 0 aromatic rings. The molecule has 65 heavy (non-hydrogen) atoms. The second kappa shape index (κ2) is 52.7. The number of hydrogen-bond donors (Lipinski definition) is 0. The maximum atomic E-state index is 12.8. The molecule has 0 aromatic carbocycles. The zero-order valence-electron chi connectivity index (χ0n) is 42.0. The molecule has 0 unspecified atom stereocenters. The van der Waals surface area contributed by atoms with Gasteiger partial charge in [-0.3, -0.25) is 14.4 Å². The molecule has 0 aromatic heterocycles. The van der Waals surface area contributed by atoms with Gasteiger partial charge in [0.15, 0.2) is 6.10 Å². The standard InChI is InChI=1S/C59H96O6/c1-4-7-10-13-16-19-22-25-27-28-29-30-32-34-37-40-43-46-49-52-58(61)64-55-56(54-63-57(60)51-48-45-42-39-36-33-24-21-18-15-12-9-6-3)65-59(62)53-50-47-44-41-38-35-31-26-23-20-17-14-11-8-5-2/h7-8,10-11,16-17,19-20,25-27,29-31,34,37,43,46,56H,4-6,9,12-15,18,21-24,28,32-33,35-36,38-42,44-45,47-55H2,1-3H3/b10-7-,11-8-,19-16-,20-17-,27-25-,30-29-,31-26-,37-34-,46-43-/t56-/m0/s1.